The highest BCUT2D eigenvalue weighted by Gasteiger charge is 2.35. The van der Waals surface area contributed by atoms with Crippen molar-refractivity contribution in [3.05, 3.63) is 88.9 Å². The van der Waals surface area contributed by atoms with Gasteiger partial charge >= 0.3 is 0 Å². The van der Waals surface area contributed by atoms with Crippen LogP contribution in [0.2, 0.25) is 5.02 Å². The van der Waals surface area contributed by atoms with Crippen LogP contribution in [0.25, 0.3) is 0 Å². The van der Waals surface area contributed by atoms with Crippen molar-refractivity contribution in [3.8, 4) is 5.75 Å². The molecular formula is C20H15ClN2O2. The third-order valence-electron chi connectivity index (χ3n) is 4.26. The molecule has 4 nitrogen and oxygen atoms in total. The molecule has 25 heavy (non-hydrogen) atoms. The van der Waals surface area contributed by atoms with Crippen LogP contribution in [-0.4, -0.2) is 11.0 Å². The molecule has 0 saturated heterocycles. The zero-order valence-electron chi connectivity index (χ0n) is 13.2. The zero-order chi connectivity index (χ0) is 17.4. The van der Waals surface area contributed by atoms with Gasteiger partial charge in [0, 0.05) is 22.0 Å². The number of rotatable bonds is 2. The van der Waals surface area contributed by atoms with Gasteiger partial charge in [-0.05, 0) is 42.5 Å². The van der Waals surface area contributed by atoms with Crippen LogP contribution >= 0.6 is 11.6 Å². The van der Waals surface area contributed by atoms with Gasteiger partial charge in [-0.15, -0.1) is 0 Å². The molecule has 0 aliphatic carbocycles. The number of nitrogens with one attached hydrogen (secondary N) is 1. The summed E-state index contributed by atoms with van der Waals surface area (Å²) in [7, 11) is 0. The summed E-state index contributed by atoms with van der Waals surface area (Å²) in [4.78, 5) is 14.8. The molecule has 0 bridgehead atoms. The summed E-state index contributed by atoms with van der Waals surface area (Å²) in [6, 6.07) is 21.4. The van der Waals surface area contributed by atoms with Gasteiger partial charge in [0.1, 0.15) is 11.9 Å². The third kappa shape index (κ3) is 2.71. The molecule has 1 heterocycles. The second kappa shape index (κ2) is 6.15. The van der Waals surface area contributed by atoms with Crippen LogP contribution in [0.1, 0.15) is 22.1 Å². The summed E-state index contributed by atoms with van der Waals surface area (Å²) in [6.45, 7) is 0. The maximum absolute atomic E-state index is 13.2. The number of benzene rings is 3. The van der Waals surface area contributed by atoms with E-state index in [4.69, 9.17) is 11.6 Å². The smallest absolute Gasteiger partial charge is 0.262 e. The number of para-hydroxylation sites is 2. The molecule has 2 N–H and O–H groups in total. The molecule has 4 rings (SSSR count). The highest BCUT2D eigenvalue weighted by molar-refractivity contribution is 6.30. The maximum Gasteiger partial charge on any atom is 0.262 e. The van der Waals surface area contributed by atoms with Gasteiger partial charge in [-0.1, -0.05) is 41.9 Å². The van der Waals surface area contributed by atoms with Crippen molar-refractivity contribution in [3.63, 3.8) is 0 Å². The van der Waals surface area contributed by atoms with Gasteiger partial charge in [-0.2, -0.15) is 0 Å². The Morgan fingerprint density at radius 3 is 2.36 bits per heavy atom. The first kappa shape index (κ1) is 15.5. The Hall–Kier alpha value is -2.98. The number of amides is 1. The molecular weight excluding hydrogens is 336 g/mol. The predicted octanol–water partition coefficient (Wildman–Crippen LogP) is 4.82. The van der Waals surface area contributed by atoms with Crippen molar-refractivity contribution >= 4 is 28.9 Å². The van der Waals surface area contributed by atoms with E-state index >= 15 is 0 Å². The molecule has 0 radical (unpaired) electrons. The van der Waals surface area contributed by atoms with E-state index in [0.717, 1.165) is 5.69 Å². The molecule has 1 aliphatic rings. The number of hydrogen-bond acceptors (Lipinski definition) is 3. The molecule has 5 heteroatoms. The molecule has 3 aromatic carbocycles. The maximum atomic E-state index is 13.2. The standard InChI is InChI=1S/C20H15ClN2O2/c21-13-9-11-14(12-10-13)23-19(16-6-2-4-8-18(16)24)22-17-7-3-1-5-15(17)20(23)25/h1-12,19,22,24H/t19-/m0/s1. The minimum Gasteiger partial charge on any atom is -0.508 e. The second-order valence-corrected chi connectivity index (χ2v) is 6.24. The molecule has 3 aromatic rings. The van der Waals surface area contributed by atoms with E-state index in [1.165, 1.54) is 0 Å². The van der Waals surface area contributed by atoms with E-state index in [9.17, 15) is 9.90 Å². The topological polar surface area (TPSA) is 52.6 Å². The Balaban J connectivity index is 1.89. The van der Waals surface area contributed by atoms with Crippen molar-refractivity contribution in [2.24, 2.45) is 0 Å². The fraction of sp³-hybridized carbons (Fsp3) is 0.0500. The summed E-state index contributed by atoms with van der Waals surface area (Å²) in [6.07, 6.45) is -0.523. The number of fused-ring (bicyclic) bond motifs is 1. The Labute approximate surface area is 150 Å². The fourth-order valence-electron chi connectivity index (χ4n) is 3.06. The van der Waals surface area contributed by atoms with Crippen molar-refractivity contribution in [1.29, 1.82) is 0 Å². The summed E-state index contributed by atoms with van der Waals surface area (Å²) < 4.78 is 0. The average molecular weight is 351 g/mol. The molecule has 1 amide bonds. The summed E-state index contributed by atoms with van der Waals surface area (Å²) in [5.41, 5.74) is 2.65. The normalized spacial score (nSPS) is 16.3. The number of anilines is 2. The van der Waals surface area contributed by atoms with Gasteiger partial charge in [0.15, 0.2) is 0 Å². The molecule has 124 valence electrons. The number of hydrogen-bond donors (Lipinski definition) is 2. The first-order chi connectivity index (χ1) is 12.1. The monoisotopic (exact) mass is 350 g/mol. The predicted molar refractivity (Wildman–Crippen MR) is 99.2 cm³/mol. The van der Waals surface area contributed by atoms with E-state index < -0.39 is 6.17 Å². The SMILES string of the molecule is O=C1c2ccccc2N[C@H](c2ccccc2O)N1c1ccc(Cl)cc1. The zero-order valence-corrected chi connectivity index (χ0v) is 13.9. The van der Waals surface area contributed by atoms with Crippen LogP contribution in [0.3, 0.4) is 0 Å². The van der Waals surface area contributed by atoms with E-state index in [1.54, 1.807) is 53.4 Å². The Bertz CT molecular complexity index is 940. The van der Waals surface area contributed by atoms with Crippen LogP contribution in [0, 0.1) is 0 Å². The molecule has 0 aromatic heterocycles. The van der Waals surface area contributed by atoms with Gasteiger partial charge in [0.05, 0.1) is 5.56 Å². The number of carbonyl (C=O) groups is 1. The first-order valence-electron chi connectivity index (χ1n) is 7.88. The molecule has 1 aliphatic heterocycles. The van der Waals surface area contributed by atoms with Gasteiger partial charge in [-0.3, -0.25) is 9.69 Å². The van der Waals surface area contributed by atoms with Gasteiger partial charge in [0.25, 0.3) is 5.91 Å². The van der Waals surface area contributed by atoms with Crippen LogP contribution in [0.4, 0.5) is 11.4 Å². The van der Waals surface area contributed by atoms with Crippen LogP contribution in [0.15, 0.2) is 72.8 Å². The summed E-state index contributed by atoms with van der Waals surface area (Å²) in [5.74, 6) is -0.00364. The van der Waals surface area contributed by atoms with Crippen molar-refractivity contribution in [2.75, 3.05) is 10.2 Å². The quantitative estimate of drug-likeness (QED) is 0.697. The van der Waals surface area contributed by atoms with E-state index in [-0.39, 0.29) is 11.7 Å². The Morgan fingerprint density at radius 1 is 0.920 bits per heavy atom. The second-order valence-electron chi connectivity index (χ2n) is 5.80. The minimum atomic E-state index is -0.523. The van der Waals surface area contributed by atoms with Crippen LogP contribution in [-0.2, 0) is 0 Å². The summed E-state index contributed by atoms with van der Waals surface area (Å²) >= 11 is 5.99. The van der Waals surface area contributed by atoms with Crippen LogP contribution < -0.4 is 10.2 Å². The Kier molecular flexibility index (Phi) is 3.82. The number of halogens is 1. The van der Waals surface area contributed by atoms with Crippen molar-refractivity contribution in [2.45, 2.75) is 6.17 Å². The lowest BCUT2D eigenvalue weighted by Crippen LogP contribution is -2.43. The number of carbonyl (C=O) groups excluding carboxylic acids is 1. The number of phenols is 1. The molecule has 1 atom stereocenters. The van der Waals surface area contributed by atoms with E-state index in [0.29, 0.717) is 21.8 Å². The van der Waals surface area contributed by atoms with Crippen LogP contribution in [0.5, 0.6) is 5.75 Å². The summed E-state index contributed by atoms with van der Waals surface area (Å²) in [5, 5.41) is 14.3. The molecule has 0 spiro atoms. The molecule has 0 saturated carbocycles. The van der Waals surface area contributed by atoms with Gasteiger partial charge in [-0.25, -0.2) is 0 Å². The number of phenolic OH excluding ortho intramolecular Hbond substituents is 1. The number of nitrogens with zero attached hydrogens (tertiary/aromatic N) is 1. The van der Waals surface area contributed by atoms with E-state index in [1.807, 2.05) is 24.3 Å². The lowest BCUT2D eigenvalue weighted by Gasteiger charge is -2.38. The first-order valence-corrected chi connectivity index (χ1v) is 8.25. The fourth-order valence-corrected chi connectivity index (χ4v) is 3.18. The third-order valence-corrected chi connectivity index (χ3v) is 4.51. The number of aromatic hydroxyl groups is 1. The average Bonchev–Trinajstić information content (AvgIpc) is 2.63. The largest absolute Gasteiger partial charge is 0.508 e. The lowest BCUT2D eigenvalue weighted by molar-refractivity contribution is 0.0974. The highest BCUT2D eigenvalue weighted by Crippen LogP contribution is 2.39. The lowest BCUT2D eigenvalue weighted by atomic mass is 10.0. The Morgan fingerprint density at radius 2 is 1.60 bits per heavy atom. The van der Waals surface area contributed by atoms with Crippen molar-refractivity contribution in [1.82, 2.24) is 0 Å². The van der Waals surface area contributed by atoms with E-state index in [2.05, 4.69) is 5.32 Å². The molecule has 0 fully saturated rings. The van der Waals surface area contributed by atoms with Crippen molar-refractivity contribution < 1.29 is 9.90 Å². The van der Waals surface area contributed by atoms with Gasteiger partial charge < -0.3 is 10.4 Å². The van der Waals surface area contributed by atoms with Gasteiger partial charge in [0.2, 0.25) is 0 Å². The minimum absolute atomic E-state index is 0.131. The molecule has 0 unspecified atom stereocenters. The highest BCUT2D eigenvalue weighted by atomic mass is 35.5.